The maximum atomic E-state index is 13.3. The molecular formula is C24H25FN2O3. The fourth-order valence-electron chi connectivity index (χ4n) is 3.67. The first-order chi connectivity index (χ1) is 14.4. The molecule has 30 heavy (non-hydrogen) atoms. The molecule has 0 bridgehead atoms. The summed E-state index contributed by atoms with van der Waals surface area (Å²) < 4.78 is 24.7. The Labute approximate surface area is 175 Å². The Balaban J connectivity index is 1.46. The number of aromatic nitrogens is 1. The van der Waals surface area contributed by atoms with Gasteiger partial charge in [0, 0.05) is 24.1 Å². The van der Waals surface area contributed by atoms with E-state index in [1.54, 1.807) is 24.0 Å². The number of hydrogen-bond donors (Lipinski definition) is 0. The Kier molecular flexibility index (Phi) is 5.57. The molecule has 1 aliphatic rings. The number of carbonyl (C=O) groups is 1. The number of benzene rings is 2. The van der Waals surface area contributed by atoms with Gasteiger partial charge in [0.15, 0.2) is 11.9 Å². The number of ether oxygens (including phenoxy) is 1. The number of hydrogen-bond acceptors (Lipinski definition) is 4. The van der Waals surface area contributed by atoms with Crippen LogP contribution in [0.1, 0.15) is 43.5 Å². The monoisotopic (exact) mass is 408 g/mol. The maximum absolute atomic E-state index is 13.3. The summed E-state index contributed by atoms with van der Waals surface area (Å²) in [6.45, 7) is 6.99. The van der Waals surface area contributed by atoms with Crippen LogP contribution in [0.3, 0.4) is 0 Å². The lowest BCUT2D eigenvalue weighted by molar-refractivity contribution is -0.138. The molecule has 1 unspecified atom stereocenters. The van der Waals surface area contributed by atoms with Gasteiger partial charge in [-0.1, -0.05) is 31.1 Å². The summed E-state index contributed by atoms with van der Waals surface area (Å²) in [5, 5.41) is 4.15. The molecule has 0 spiro atoms. The van der Waals surface area contributed by atoms with Crippen molar-refractivity contribution in [3.8, 4) is 17.1 Å². The molecule has 6 heteroatoms. The van der Waals surface area contributed by atoms with Gasteiger partial charge >= 0.3 is 0 Å². The first-order valence-electron chi connectivity index (χ1n) is 10.2. The van der Waals surface area contributed by atoms with Gasteiger partial charge in [-0.2, -0.15) is 0 Å². The highest BCUT2D eigenvalue weighted by atomic mass is 19.1. The highest BCUT2D eigenvalue weighted by Gasteiger charge is 2.30. The van der Waals surface area contributed by atoms with E-state index in [4.69, 9.17) is 9.26 Å². The van der Waals surface area contributed by atoms with Crippen molar-refractivity contribution in [2.45, 2.75) is 45.8 Å². The summed E-state index contributed by atoms with van der Waals surface area (Å²) >= 11 is 0. The van der Waals surface area contributed by atoms with Crippen molar-refractivity contribution in [1.29, 1.82) is 0 Å². The van der Waals surface area contributed by atoms with E-state index in [1.165, 1.54) is 17.7 Å². The Morgan fingerprint density at radius 3 is 2.47 bits per heavy atom. The molecule has 1 aliphatic heterocycles. The first kappa shape index (κ1) is 20.1. The zero-order valence-electron chi connectivity index (χ0n) is 17.4. The summed E-state index contributed by atoms with van der Waals surface area (Å²) in [5.74, 6) is 1.31. The third kappa shape index (κ3) is 4.08. The second-order valence-electron chi connectivity index (χ2n) is 7.94. The third-order valence-electron chi connectivity index (χ3n) is 5.46. The zero-order valence-corrected chi connectivity index (χ0v) is 17.4. The Bertz CT molecular complexity index is 1030. The predicted octanol–water partition coefficient (Wildman–Crippen LogP) is 4.96. The number of halogens is 1. The lowest BCUT2D eigenvalue weighted by atomic mass is 10.0. The molecule has 0 N–H and O–H groups in total. The molecule has 1 amide bonds. The largest absolute Gasteiger partial charge is 0.481 e. The first-order valence-corrected chi connectivity index (χ1v) is 10.2. The molecule has 0 saturated heterocycles. The number of fused-ring (bicyclic) bond motifs is 1. The van der Waals surface area contributed by atoms with Gasteiger partial charge < -0.3 is 14.2 Å². The van der Waals surface area contributed by atoms with E-state index in [1.807, 2.05) is 24.3 Å². The van der Waals surface area contributed by atoms with Gasteiger partial charge in [-0.25, -0.2) is 4.39 Å². The summed E-state index contributed by atoms with van der Waals surface area (Å²) in [7, 11) is 0. The fourth-order valence-corrected chi connectivity index (χ4v) is 3.67. The van der Waals surface area contributed by atoms with Crippen molar-refractivity contribution in [2.75, 3.05) is 6.54 Å². The summed E-state index contributed by atoms with van der Waals surface area (Å²) in [5.41, 5.74) is 3.69. The molecule has 3 aromatic rings. The van der Waals surface area contributed by atoms with Crippen molar-refractivity contribution in [3.05, 3.63) is 71.2 Å². The van der Waals surface area contributed by atoms with E-state index >= 15 is 0 Å². The quantitative estimate of drug-likeness (QED) is 0.599. The standard InChI is InChI=1S/C24H25FN2O3/c1-15(2)17-6-10-20(11-7-17)29-16(3)24(28)27-13-12-22-21(14-27)23(30-26-22)18-4-8-19(25)9-5-18/h4-11,15-16H,12-14H2,1-3H3. The van der Waals surface area contributed by atoms with Gasteiger partial charge in [0.2, 0.25) is 0 Å². The number of amides is 1. The van der Waals surface area contributed by atoms with E-state index in [-0.39, 0.29) is 11.7 Å². The van der Waals surface area contributed by atoms with E-state index in [9.17, 15) is 9.18 Å². The van der Waals surface area contributed by atoms with Crippen LogP contribution < -0.4 is 4.74 Å². The maximum Gasteiger partial charge on any atom is 0.263 e. The van der Waals surface area contributed by atoms with E-state index in [0.29, 0.717) is 36.9 Å². The summed E-state index contributed by atoms with van der Waals surface area (Å²) in [6, 6.07) is 13.9. The summed E-state index contributed by atoms with van der Waals surface area (Å²) in [6.07, 6.45) is 0.00673. The fraction of sp³-hybridized carbons (Fsp3) is 0.333. The molecule has 0 fully saturated rings. The molecule has 2 aromatic carbocycles. The minimum atomic E-state index is -0.606. The van der Waals surface area contributed by atoms with Crippen molar-refractivity contribution >= 4 is 5.91 Å². The van der Waals surface area contributed by atoms with E-state index in [2.05, 4.69) is 19.0 Å². The lowest BCUT2D eigenvalue weighted by Gasteiger charge is -2.29. The minimum absolute atomic E-state index is 0.0835. The van der Waals surface area contributed by atoms with Crippen LogP contribution in [0.5, 0.6) is 5.75 Å². The molecule has 0 radical (unpaired) electrons. The third-order valence-corrected chi connectivity index (χ3v) is 5.46. The topological polar surface area (TPSA) is 55.6 Å². The van der Waals surface area contributed by atoms with Crippen molar-refractivity contribution < 1.29 is 18.4 Å². The number of carbonyl (C=O) groups excluding carboxylic acids is 1. The minimum Gasteiger partial charge on any atom is -0.481 e. The zero-order chi connectivity index (χ0) is 21.3. The van der Waals surface area contributed by atoms with Crippen LogP contribution in [-0.4, -0.2) is 28.6 Å². The van der Waals surface area contributed by atoms with Crippen molar-refractivity contribution in [2.24, 2.45) is 0 Å². The molecule has 0 aliphatic carbocycles. The molecule has 5 nitrogen and oxygen atoms in total. The molecule has 0 saturated carbocycles. The molecule has 1 aromatic heterocycles. The Morgan fingerprint density at radius 2 is 1.80 bits per heavy atom. The van der Waals surface area contributed by atoms with Crippen LogP contribution >= 0.6 is 0 Å². The molecular weight excluding hydrogens is 383 g/mol. The second-order valence-corrected chi connectivity index (χ2v) is 7.94. The lowest BCUT2D eigenvalue weighted by Crippen LogP contribution is -2.43. The molecule has 4 rings (SSSR count). The van der Waals surface area contributed by atoms with Gasteiger partial charge in [0.05, 0.1) is 12.2 Å². The van der Waals surface area contributed by atoms with Crippen LogP contribution in [0.4, 0.5) is 4.39 Å². The van der Waals surface area contributed by atoms with Crippen molar-refractivity contribution in [1.82, 2.24) is 10.1 Å². The Morgan fingerprint density at radius 1 is 1.10 bits per heavy atom. The van der Waals surface area contributed by atoms with Crippen molar-refractivity contribution in [3.63, 3.8) is 0 Å². The predicted molar refractivity (Wildman–Crippen MR) is 112 cm³/mol. The number of nitrogens with zero attached hydrogens (tertiary/aromatic N) is 2. The summed E-state index contributed by atoms with van der Waals surface area (Å²) in [4.78, 5) is 14.8. The average molecular weight is 408 g/mol. The highest BCUT2D eigenvalue weighted by Crippen LogP contribution is 2.31. The average Bonchev–Trinajstić information content (AvgIpc) is 3.17. The van der Waals surface area contributed by atoms with Gasteiger partial charge in [-0.3, -0.25) is 4.79 Å². The van der Waals surface area contributed by atoms with Gasteiger partial charge in [-0.05, 0) is 54.8 Å². The van der Waals surface area contributed by atoms with Crippen LogP contribution in [0.15, 0.2) is 53.1 Å². The van der Waals surface area contributed by atoms with Gasteiger partial charge in [0.25, 0.3) is 5.91 Å². The second kappa shape index (κ2) is 8.30. The van der Waals surface area contributed by atoms with Gasteiger partial charge in [-0.15, -0.1) is 0 Å². The molecule has 2 heterocycles. The van der Waals surface area contributed by atoms with E-state index < -0.39 is 6.10 Å². The van der Waals surface area contributed by atoms with Crippen LogP contribution in [0.25, 0.3) is 11.3 Å². The van der Waals surface area contributed by atoms with Crippen LogP contribution in [-0.2, 0) is 17.8 Å². The van der Waals surface area contributed by atoms with Crippen LogP contribution in [0.2, 0.25) is 0 Å². The van der Waals surface area contributed by atoms with Gasteiger partial charge in [0.1, 0.15) is 11.6 Å². The Hall–Kier alpha value is -3.15. The van der Waals surface area contributed by atoms with Crippen LogP contribution in [0, 0.1) is 5.82 Å². The normalized spacial score (nSPS) is 14.5. The van der Waals surface area contributed by atoms with E-state index in [0.717, 1.165) is 16.8 Å². The SMILES string of the molecule is CC(Oc1ccc(C(C)C)cc1)C(=O)N1CCc2noc(-c3ccc(F)cc3)c2C1. The number of rotatable bonds is 5. The molecule has 156 valence electrons. The highest BCUT2D eigenvalue weighted by molar-refractivity contribution is 5.81. The smallest absolute Gasteiger partial charge is 0.263 e. The molecule has 1 atom stereocenters.